The molecule has 0 amide bonds. The fraction of sp³-hybridized carbons (Fsp3) is 0.538. The molecule has 1 heterocycles. The molecule has 3 nitrogen and oxygen atoms in total. The number of nitrogens with one attached hydrogen (secondary N) is 1. The Morgan fingerprint density at radius 1 is 1.53 bits per heavy atom. The normalized spacial score (nSPS) is 24.1. The molecule has 0 aromatic heterocycles. The van der Waals surface area contributed by atoms with Gasteiger partial charge in [-0.05, 0) is 43.0 Å². The van der Waals surface area contributed by atoms with Crippen molar-refractivity contribution in [1.82, 2.24) is 5.32 Å². The molecule has 1 aliphatic rings. The molecular weight excluding hydrogens is 280 g/mol. The van der Waals surface area contributed by atoms with Crippen LogP contribution in [0.4, 0.5) is 5.69 Å². The Bertz CT molecular complexity index is 384. The molecule has 0 radical (unpaired) electrons. The van der Waals surface area contributed by atoms with E-state index in [0.29, 0.717) is 12.0 Å². The Kier molecular flexibility index (Phi) is 4.42. The minimum atomic E-state index is 0.381. The van der Waals surface area contributed by atoms with E-state index in [-0.39, 0.29) is 0 Å². The fourth-order valence-electron chi connectivity index (χ4n) is 2.17. The summed E-state index contributed by atoms with van der Waals surface area (Å²) in [5.74, 6) is 0.634. The topological polar surface area (TPSA) is 47.3 Å². The standard InChI is InChI=1S/C13H19BrN2O/c1-9-10(4-5-17-9)7-16-8-11-6-12(15)2-3-13(11)14/h2-3,6,9-10,16H,4-5,7-8,15H2,1H3. The maximum Gasteiger partial charge on any atom is 0.0588 e. The van der Waals surface area contributed by atoms with Crippen LogP contribution in [-0.4, -0.2) is 19.3 Å². The van der Waals surface area contributed by atoms with Gasteiger partial charge in [0, 0.05) is 29.9 Å². The first kappa shape index (κ1) is 12.9. The second-order valence-electron chi connectivity index (χ2n) is 4.61. The third kappa shape index (κ3) is 3.44. The first-order valence-electron chi connectivity index (χ1n) is 6.03. The van der Waals surface area contributed by atoms with E-state index in [1.54, 1.807) is 0 Å². The highest BCUT2D eigenvalue weighted by atomic mass is 79.9. The van der Waals surface area contributed by atoms with Crippen LogP contribution >= 0.6 is 15.9 Å². The van der Waals surface area contributed by atoms with Crippen LogP contribution in [0.1, 0.15) is 18.9 Å². The molecule has 2 atom stereocenters. The highest BCUT2D eigenvalue weighted by Gasteiger charge is 2.23. The lowest BCUT2D eigenvalue weighted by molar-refractivity contribution is 0.105. The van der Waals surface area contributed by atoms with Gasteiger partial charge in [-0.1, -0.05) is 15.9 Å². The summed E-state index contributed by atoms with van der Waals surface area (Å²) in [6, 6.07) is 5.90. The van der Waals surface area contributed by atoms with Crippen LogP contribution in [0.15, 0.2) is 22.7 Å². The molecule has 94 valence electrons. The summed E-state index contributed by atoms with van der Waals surface area (Å²) < 4.78 is 6.65. The van der Waals surface area contributed by atoms with Crippen molar-refractivity contribution >= 4 is 21.6 Å². The molecule has 0 bridgehead atoms. The van der Waals surface area contributed by atoms with Crippen molar-refractivity contribution in [3.8, 4) is 0 Å². The maximum absolute atomic E-state index is 5.77. The number of nitrogen functional groups attached to an aromatic ring is 1. The molecule has 1 aromatic rings. The van der Waals surface area contributed by atoms with Gasteiger partial charge in [-0.25, -0.2) is 0 Å². The summed E-state index contributed by atoms with van der Waals surface area (Å²) in [6.45, 7) is 4.89. The predicted molar refractivity (Wildman–Crippen MR) is 73.8 cm³/mol. The average molecular weight is 299 g/mol. The molecule has 2 unspecified atom stereocenters. The summed E-state index contributed by atoms with van der Waals surface area (Å²) in [5, 5.41) is 3.48. The lowest BCUT2D eigenvalue weighted by Gasteiger charge is -2.15. The number of hydrogen-bond donors (Lipinski definition) is 2. The molecule has 1 saturated heterocycles. The molecule has 0 saturated carbocycles. The third-order valence-corrected chi connectivity index (χ3v) is 4.10. The maximum atomic E-state index is 5.77. The van der Waals surface area contributed by atoms with E-state index in [2.05, 4.69) is 28.2 Å². The van der Waals surface area contributed by atoms with Crippen molar-refractivity contribution in [3.63, 3.8) is 0 Å². The van der Waals surface area contributed by atoms with Crippen LogP contribution < -0.4 is 11.1 Å². The van der Waals surface area contributed by atoms with Gasteiger partial charge in [0.1, 0.15) is 0 Å². The molecule has 1 aliphatic heterocycles. The van der Waals surface area contributed by atoms with Gasteiger partial charge in [-0.2, -0.15) is 0 Å². The van der Waals surface area contributed by atoms with Crippen molar-refractivity contribution in [2.24, 2.45) is 5.92 Å². The highest BCUT2D eigenvalue weighted by molar-refractivity contribution is 9.10. The fourth-order valence-corrected chi connectivity index (χ4v) is 2.55. The number of ether oxygens (including phenoxy) is 1. The molecule has 1 fully saturated rings. The van der Waals surface area contributed by atoms with E-state index in [9.17, 15) is 0 Å². The molecule has 0 spiro atoms. The van der Waals surface area contributed by atoms with Crippen LogP contribution in [0.5, 0.6) is 0 Å². The van der Waals surface area contributed by atoms with Crippen LogP contribution in [-0.2, 0) is 11.3 Å². The average Bonchev–Trinajstić information content (AvgIpc) is 2.70. The smallest absolute Gasteiger partial charge is 0.0588 e. The first-order chi connectivity index (χ1) is 8.16. The Morgan fingerprint density at radius 2 is 2.35 bits per heavy atom. The Balaban J connectivity index is 1.83. The van der Waals surface area contributed by atoms with E-state index in [1.165, 1.54) is 5.56 Å². The monoisotopic (exact) mass is 298 g/mol. The van der Waals surface area contributed by atoms with E-state index in [4.69, 9.17) is 10.5 Å². The van der Waals surface area contributed by atoms with Crippen molar-refractivity contribution < 1.29 is 4.74 Å². The number of halogens is 1. The van der Waals surface area contributed by atoms with Gasteiger partial charge >= 0.3 is 0 Å². The molecule has 3 N–H and O–H groups in total. The molecule has 2 rings (SSSR count). The van der Waals surface area contributed by atoms with E-state index >= 15 is 0 Å². The Labute approximate surface area is 111 Å². The lowest BCUT2D eigenvalue weighted by atomic mass is 10.0. The highest BCUT2D eigenvalue weighted by Crippen LogP contribution is 2.21. The molecule has 4 heteroatoms. The zero-order valence-corrected chi connectivity index (χ0v) is 11.7. The minimum Gasteiger partial charge on any atom is -0.399 e. The summed E-state index contributed by atoms with van der Waals surface area (Å²) in [6.07, 6.45) is 1.54. The van der Waals surface area contributed by atoms with Crippen LogP contribution in [0.25, 0.3) is 0 Å². The number of nitrogens with two attached hydrogens (primary N) is 1. The number of benzene rings is 1. The quantitative estimate of drug-likeness (QED) is 0.840. The lowest BCUT2D eigenvalue weighted by Crippen LogP contribution is -2.26. The van der Waals surface area contributed by atoms with Gasteiger partial charge in [-0.15, -0.1) is 0 Å². The second-order valence-corrected chi connectivity index (χ2v) is 5.46. The van der Waals surface area contributed by atoms with Crippen molar-refractivity contribution in [3.05, 3.63) is 28.2 Å². The van der Waals surface area contributed by atoms with Crippen LogP contribution in [0.2, 0.25) is 0 Å². The zero-order chi connectivity index (χ0) is 12.3. The summed E-state index contributed by atoms with van der Waals surface area (Å²) in [7, 11) is 0. The third-order valence-electron chi connectivity index (χ3n) is 3.32. The Hall–Kier alpha value is -0.580. The van der Waals surface area contributed by atoms with Crippen molar-refractivity contribution in [2.75, 3.05) is 18.9 Å². The van der Waals surface area contributed by atoms with Gasteiger partial charge < -0.3 is 15.8 Å². The summed E-state index contributed by atoms with van der Waals surface area (Å²) in [4.78, 5) is 0. The molecule has 0 aliphatic carbocycles. The number of rotatable bonds is 4. The summed E-state index contributed by atoms with van der Waals surface area (Å²) >= 11 is 3.54. The SMILES string of the molecule is CC1OCCC1CNCc1cc(N)ccc1Br. The summed E-state index contributed by atoms with van der Waals surface area (Å²) in [5.41, 5.74) is 7.79. The van der Waals surface area contributed by atoms with Gasteiger partial charge in [-0.3, -0.25) is 0 Å². The van der Waals surface area contributed by atoms with Crippen molar-refractivity contribution in [1.29, 1.82) is 0 Å². The molecule has 17 heavy (non-hydrogen) atoms. The van der Waals surface area contributed by atoms with Crippen LogP contribution in [0, 0.1) is 5.92 Å². The van der Waals surface area contributed by atoms with Gasteiger partial charge in [0.05, 0.1) is 6.10 Å². The largest absolute Gasteiger partial charge is 0.399 e. The molecule has 1 aromatic carbocycles. The van der Waals surface area contributed by atoms with E-state index in [1.807, 2.05) is 18.2 Å². The second kappa shape index (κ2) is 5.85. The first-order valence-corrected chi connectivity index (χ1v) is 6.82. The van der Waals surface area contributed by atoms with Crippen molar-refractivity contribution in [2.45, 2.75) is 26.0 Å². The number of anilines is 1. The van der Waals surface area contributed by atoms with E-state index < -0.39 is 0 Å². The predicted octanol–water partition coefficient (Wildman–Crippen LogP) is 2.55. The molecular formula is C13H19BrN2O. The van der Waals surface area contributed by atoms with Gasteiger partial charge in [0.25, 0.3) is 0 Å². The zero-order valence-electron chi connectivity index (χ0n) is 10.1. The van der Waals surface area contributed by atoms with E-state index in [0.717, 1.165) is 36.3 Å². The van der Waals surface area contributed by atoms with Crippen LogP contribution in [0.3, 0.4) is 0 Å². The van der Waals surface area contributed by atoms with Gasteiger partial charge in [0.2, 0.25) is 0 Å². The number of hydrogen-bond acceptors (Lipinski definition) is 3. The minimum absolute atomic E-state index is 0.381. The van der Waals surface area contributed by atoms with Gasteiger partial charge in [0.15, 0.2) is 0 Å². The Morgan fingerprint density at radius 3 is 3.06 bits per heavy atom.